The Kier molecular flexibility index (Phi) is 9.56. The van der Waals surface area contributed by atoms with Crippen LogP contribution < -0.4 is 14.2 Å². The molecule has 0 aliphatic carbocycles. The highest BCUT2D eigenvalue weighted by atomic mass is 35.5. The summed E-state index contributed by atoms with van der Waals surface area (Å²) in [5.74, 6) is 3.35. The topological polar surface area (TPSA) is 78.6 Å². The summed E-state index contributed by atoms with van der Waals surface area (Å²) in [6, 6.07) is 29.2. The van der Waals surface area contributed by atoms with E-state index in [1.54, 1.807) is 26.4 Å². The molecule has 4 aromatic carbocycles. The molecule has 216 valence electrons. The molecule has 0 aliphatic rings. The number of halogens is 1. The number of nitrogens with zero attached hydrogens (tertiary/aromatic N) is 3. The van der Waals surface area contributed by atoms with E-state index in [-0.39, 0.29) is 11.1 Å². The Labute approximate surface area is 255 Å². The Bertz CT molecular complexity index is 1620. The van der Waals surface area contributed by atoms with Crippen LogP contribution in [-0.4, -0.2) is 51.8 Å². The number of benzene rings is 4. The van der Waals surface area contributed by atoms with Crippen molar-refractivity contribution in [2.24, 2.45) is 0 Å². The Morgan fingerprint density at radius 3 is 2.33 bits per heavy atom. The quantitative estimate of drug-likeness (QED) is 0.117. The maximum Gasteiger partial charge on any atom is 0.191 e. The van der Waals surface area contributed by atoms with Gasteiger partial charge in [-0.05, 0) is 48.4 Å². The fourth-order valence-corrected chi connectivity index (χ4v) is 5.54. The number of hydrogen-bond donors (Lipinski definition) is 1. The van der Waals surface area contributed by atoms with Crippen LogP contribution >= 0.6 is 23.4 Å². The molecule has 0 saturated carbocycles. The summed E-state index contributed by atoms with van der Waals surface area (Å²) in [5, 5.41) is 19.7. The fourth-order valence-electron chi connectivity index (χ4n) is 4.45. The average Bonchev–Trinajstić information content (AvgIpc) is 3.41. The zero-order valence-corrected chi connectivity index (χ0v) is 25.2. The van der Waals surface area contributed by atoms with Gasteiger partial charge >= 0.3 is 0 Å². The van der Waals surface area contributed by atoms with Gasteiger partial charge in [-0.15, -0.1) is 21.8 Å². The lowest BCUT2D eigenvalue weighted by Gasteiger charge is -2.15. The lowest BCUT2D eigenvalue weighted by Crippen LogP contribution is -2.15. The second kappa shape index (κ2) is 13.7. The first-order valence-electron chi connectivity index (χ1n) is 13.4. The van der Waals surface area contributed by atoms with Crippen molar-refractivity contribution in [3.8, 4) is 45.5 Å². The monoisotopic (exact) mass is 601 g/mol. The third-order valence-electron chi connectivity index (χ3n) is 6.66. The van der Waals surface area contributed by atoms with Crippen LogP contribution in [0.5, 0.6) is 23.0 Å². The SMILES string of the molecule is COc1ccc(Cn2c(SCC(Cl)COc3ccccc3-c3ccc(C)cc3)nnc2-c2cc(O)cc(OC)c2)cc1. The molecule has 9 heteroatoms. The number of phenols is 1. The number of thioether (sulfide) groups is 1. The van der Waals surface area contributed by atoms with Gasteiger partial charge in [-0.1, -0.05) is 71.9 Å². The van der Waals surface area contributed by atoms with Gasteiger partial charge in [-0.25, -0.2) is 0 Å². The number of hydrogen-bond acceptors (Lipinski definition) is 7. The first kappa shape index (κ1) is 29.4. The maximum atomic E-state index is 10.3. The van der Waals surface area contributed by atoms with Crippen LogP contribution in [0, 0.1) is 6.92 Å². The minimum absolute atomic E-state index is 0.0847. The zero-order chi connectivity index (χ0) is 29.5. The van der Waals surface area contributed by atoms with E-state index in [4.69, 9.17) is 25.8 Å². The van der Waals surface area contributed by atoms with Gasteiger partial charge in [0.25, 0.3) is 0 Å². The first-order valence-corrected chi connectivity index (χ1v) is 14.9. The molecule has 0 spiro atoms. The summed E-state index contributed by atoms with van der Waals surface area (Å²) in [5.41, 5.74) is 5.07. The van der Waals surface area contributed by atoms with Crippen molar-refractivity contribution in [1.82, 2.24) is 14.8 Å². The number of aromatic nitrogens is 3. The van der Waals surface area contributed by atoms with E-state index >= 15 is 0 Å². The summed E-state index contributed by atoms with van der Waals surface area (Å²) >= 11 is 8.27. The molecule has 1 heterocycles. The minimum Gasteiger partial charge on any atom is -0.508 e. The van der Waals surface area contributed by atoms with E-state index in [2.05, 4.69) is 47.5 Å². The molecule has 5 aromatic rings. The van der Waals surface area contributed by atoms with Gasteiger partial charge in [-0.3, -0.25) is 4.57 Å². The minimum atomic E-state index is -0.281. The van der Waals surface area contributed by atoms with E-state index in [0.717, 1.165) is 28.2 Å². The molecule has 1 N–H and O–H groups in total. The van der Waals surface area contributed by atoms with Crippen LogP contribution in [0.15, 0.2) is 96.2 Å². The number of aromatic hydroxyl groups is 1. The van der Waals surface area contributed by atoms with Crippen LogP contribution in [0.25, 0.3) is 22.5 Å². The third kappa shape index (κ3) is 7.19. The van der Waals surface area contributed by atoms with Gasteiger partial charge in [0.05, 0.1) is 26.1 Å². The number of ether oxygens (including phenoxy) is 3. The number of alkyl halides is 1. The number of phenolic OH excluding ortho intramolecular Hbond substituents is 1. The fraction of sp³-hybridized carbons (Fsp3) is 0.212. The van der Waals surface area contributed by atoms with Crippen molar-refractivity contribution >= 4 is 23.4 Å². The normalized spacial score (nSPS) is 11.7. The summed E-state index contributed by atoms with van der Waals surface area (Å²) in [4.78, 5) is 0. The molecule has 5 rings (SSSR count). The molecule has 1 atom stereocenters. The van der Waals surface area contributed by atoms with Crippen molar-refractivity contribution in [1.29, 1.82) is 0 Å². The van der Waals surface area contributed by atoms with Crippen LogP contribution in [0.1, 0.15) is 11.1 Å². The smallest absolute Gasteiger partial charge is 0.191 e. The van der Waals surface area contributed by atoms with Gasteiger partial charge in [-0.2, -0.15) is 0 Å². The molecule has 0 aliphatic heterocycles. The highest BCUT2D eigenvalue weighted by Crippen LogP contribution is 2.33. The van der Waals surface area contributed by atoms with Gasteiger partial charge in [0, 0.05) is 22.9 Å². The van der Waals surface area contributed by atoms with Gasteiger partial charge in [0.1, 0.15) is 29.6 Å². The molecule has 7 nitrogen and oxygen atoms in total. The van der Waals surface area contributed by atoms with Crippen LogP contribution in [0.2, 0.25) is 0 Å². The Hall–Kier alpha value is -4.14. The molecule has 0 bridgehead atoms. The van der Waals surface area contributed by atoms with Crippen LogP contribution in [0.4, 0.5) is 0 Å². The largest absolute Gasteiger partial charge is 0.508 e. The van der Waals surface area contributed by atoms with Crippen molar-refractivity contribution < 1.29 is 19.3 Å². The van der Waals surface area contributed by atoms with E-state index in [9.17, 15) is 5.11 Å². The van der Waals surface area contributed by atoms with E-state index in [0.29, 0.717) is 41.2 Å². The Morgan fingerprint density at radius 1 is 0.857 bits per heavy atom. The molecule has 42 heavy (non-hydrogen) atoms. The summed E-state index contributed by atoms with van der Waals surface area (Å²) in [7, 11) is 3.20. The second-order valence-electron chi connectivity index (χ2n) is 9.74. The van der Waals surface area contributed by atoms with E-state index in [1.807, 2.05) is 53.1 Å². The van der Waals surface area contributed by atoms with Gasteiger partial charge < -0.3 is 19.3 Å². The first-order chi connectivity index (χ1) is 20.4. The van der Waals surface area contributed by atoms with E-state index < -0.39 is 0 Å². The molecular weight excluding hydrogens is 570 g/mol. The lowest BCUT2D eigenvalue weighted by atomic mass is 10.0. The van der Waals surface area contributed by atoms with Crippen LogP contribution in [-0.2, 0) is 6.54 Å². The van der Waals surface area contributed by atoms with E-state index in [1.165, 1.54) is 17.3 Å². The molecule has 1 aromatic heterocycles. The third-order valence-corrected chi connectivity index (χ3v) is 8.26. The predicted molar refractivity (Wildman–Crippen MR) is 168 cm³/mol. The van der Waals surface area contributed by atoms with Gasteiger partial charge in [0.2, 0.25) is 0 Å². The maximum absolute atomic E-state index is 10.3. The highest BCUT2D eigenvalue weighted by Gasteiger charge is 2.19. The number of para-hydroxylation sites is 1. The summed E-state index contributed by atoms with van der Waals surface area (Å²) in [6.45, 7) is 2.92. The molecule has 1 unspecified atom stereocenters. The number of aryl methyl sites for hydroxylation is 1. The summed E-state index contributed by atoms with van der Waals surface area (Å²) in [6.07, 6.45) is 0. The molecule has 0 amide bonds. The average molecular weight is 602 g/mol. The zero-order valence-electron chi connectivity index (χ0n) is 23.7. The predicted octanol–water partition coefficient (Wildman–Crippen LogP) is 7.47. The molecular formula is C33H32ClN3O4S. The van der Waals surface area contributed by atoms with Gasteiger partial charge in [0.15, 0.2) is 11.0 Å². The number of methoxy groups -OCH3 is 2. The van der Waals surface area contributed by atoms with Crippen molar-refractivity contribution in [2.75, 3.05) is 26.6 Å². The van der Waals surface area contributed by atoms with Crippen molar-refractivity contribution in [2.45, 2.75) is 24.0 Å². The standard InChI is InChI=1S/C33H32ClN3O4S/c1-22-8-12-24(13-9-22)30-6-4-5-7-31(30)41-20-26(34)21-42-33-36-35-32(25-16-27(38)18-29(17-25)40-3)37(33)19-23-10-14-28(39-2)15-11-23/h4-18,26,38H,19-21H2,1-3H3. The Balaban J connectivity index is 1.33. The van der Waals surface area contributed by atoms with Crippen LogP contribution in [0.3, 0.4) is 0 Å². The summed E-state index contributed by atoms with van der Waals surface area (Å²) < 4.78 is 18.9. The number of rotatable bonds is 12. The molecule has 0 radical (unpaired) electrons. The Morgan fingerprint density at radius 2 is 1.60 bits per heavy atom. The van der Waals surface area contributed by atoms with Crippen molar-refractivity contribution in [3.05, 3.63) is 102 Å². The van der Waals surface area contributed by atoms with Crippen molar-refractivity contribution in [3.63, 3.8) is 0 Å². The lowest BCUT2D eigenvalue weighted by molar-refractivity contribution is 0.323. The molecule has 0 saturated heterocycles. The molecule has 0 fully saturated rings. The second-order valence-corrected chi connectivity index (χ2v) is 11.3. The highest BCUT2D eigenvalue weighted by molar-refractivity contribution is 7.99.